The summed E-state index contributed by atoms with van der Waals surface area (Å²) in [6.07, 6.45) is 1.86. The van der Waals surface area contributed by atoms with Gasteiger partial charge in [-0.2, -0.15) is 0 Å². The molecule has 2 N–H and O–H groups in total. The number of aliphatic hydroxyl groups excluding tert-OH is 1. The van der Waals surface area contributed by atoms with E-state index in [0.717, 1.165) is 16.8 Å². The normalized spacial score (nSPS) is 17.3. The van der Waals surface area contributed by atoms with Crippen LogP contribution < -0.4 is 5.32 Å². The second-order valence-electron chi connectivity index (χ2n) is 5.77. The Labute approximate surface area is 124 Å². The van der Waals surface area contributed by atoms with Gasteiger partial charge in [0.15, 0.2) is 0 Å². The number of para-hydroxylation sites is 1. The van der Waals surface area contributed by atoms with Crippen molar-refractivity contribution in [3.63, 3.8) is 0 Å². The number of nitrogens with one attached hydrogen (secondary N) is 1. The highest BCUT2D eigenvalue weighted by Crippen LogP contribution is 2.43. The molecular weight excluding hydrogens is 265 g/mol. The third kappa shape index (κ3) is 3.24. The maximum absolute atomic E-state index is 13.1. The first kappa shape index (κ1) is 14.1. The zero-order valence-electron chi connectivity index (χ0n) is 12.1. The molecule has 0 aromatic heterocycles. The smallest absolute Gasteiger partial charge is 0.123 e. The van der Waals surface area contributed by atoms with Crippen LogP contribution in [-0.2, 0) is 0 Å². The van der Waals surface area contributed by atoms with E-state index in [1.807, 2.05) is 36.4 Å². The van der Waals surface area contributed by atoms with E-state index in [-0.39, 0.29) is 11.9 Å². The van der Waals surface area contributed by atoms with E-state index in [9.17, 15) is 9.50 Å². The minimum Gasteiger partial charge on any atom is -0.389 e. The van der Waals surface area contributed by atoms with E-state index in [0.29, 0.717) is 5.92 Å². The molecule has 1 aliphatic rings. The van der Waals surface area contributed by atoms with E-state index < -0.39 is 6.10 Å². The molecule has 0 radical (unpaired) electrons. The number of anilines is 1. The van der Waals surface area contributed by atoms with Crippen LogP contribution in [0.4, 0.5) is 10.1 Å². The van der Waals surface area contributed by atoms with E-state index in [4.69, 9.17) is 0 Å². The standard InChI is InChI=1S/C18H20FNO/c1-12(21)16-4-2-3-5-17(16)20-18(13-6-7-13)14-8-10-15(19)11-9-14/h2-5,8-13,18,20-21H,6-7H2,1H3. The van der Waals surface area contributed by atoms with Gasteiger partial charge in [0.1, 0.15) is 5.82 Å². The number of halogens is 1. The van der Waals surface area contributed by atoms with Crippen molar-refractivity contribution in [2.75, 3.05) is 5.32 Å². The van der Waals surface area contributed by atoms with Gasteiger partial charge < -0.3 is 10.4 Å². The van der Waals surface area contributed by atoms with E-state index in [2.05, 4.69) is 5.32 Å². The first-order valence-electron chi connectivity index (χ1n) is 7.44. The summed E-state index contributed by atoms with van der Waals surface area (Å²) in [5.41, 5.74) is 2.94. The van der Waals surface area contributed by atoms with Gasteiger partial charge in [0.25, 0.3) is 0 Å². The molecule has 1 aliphatic carbocycles. The maximum atomic E-state index is 13.1. The van der Waals surface area contributed by atoms with Crippen molar-refractivity contribution in [3.05, 3.63) is 65.5 Å². The SMILES string of the molecule is CC(O)c1ccccc1NC(c1ccc(F)cc1)C1CC1. The third-order valence-electron chi connectivity index (χ3n) is 4.04. The van der Waals surface area contributed by atoms with Crippen molar-refractivity contribution >= 4 is 5.69 Å². The molecule has 2 atom stereocenters. The van der Waals surface area contributed by atoms with Gasteiger partial charge in [0.2, 0.25) is 0 Å². The van der Waals surface area contributed by atoms with Crippen LogP contribution in [-0.4, -0.2) is 5.11 Å². The molecule has 3 heteroatoms. The molecule has 2 unspecified atom stereocenters. The molecule has 0 amide bonds. The van der Waals surface area contributed by atoms with Crippen molar-refractivity contribution in [1.29, 1.82) is 0 Å². The summed E-state index contributed by atoms with van der Waals surface area (Å²) in [5.74, 6) is 0.371. The maximum Gasteiger partial charge on any atom is 0.123 e. The lowest BCUT2D eigenvalue weighted by Gasteiger charge is -2.23. The topological polar surface area (TPSA) is 32.3 Å². The second kappa shape index (κ2) is 5.86. The highest BCUT2D eigenvalue weighted by atomic mass is 19.1. The average molecular weight is 285 g/mol. The van der Waals surface area contributed by atoms with Gasteiger partial charge >= 0.3 is 0 Å². The van der Waals surface area contributed by atoms with Crippen molar-refractivity contribution in [3.8, 4) is 0 Å². The Bertz CT molecular complexity index is 605. The molecule has 0 spiro atoms. The molecular formula is C18H20FNO. The van der Waals surface area contributed by atoms with E-state index in [1.54, 1.807) is 6.92 Å². The molecule has 0 saturated heterocycles. The number of rotatable bonds is 5. The van der Waals surface area contributed by atoms with Gasteiger partial charge in [0.05, 0.1) is 12.1 Å². The lowest BCUT2D eigenvalue weighted by Crippen LogP contribution is -2.14. The highest BCUT2D eigenvalue weighted by molar-refractivity contribution is 5.54. The van der Waals surface area contributed by atoms with Gasteiger partial charge in [-0.25, -0.2) is 4.39 Å². The number of benzene rings is 2. The summed E-state index contributed by atoms with van der Waals surface area (Å²) >= 11 is 0. The van der Waals surface area contributed by atoms with Gasteiger partial charge in [0, 0.05) is 11.3 Å². The molecule has 2 aromatic carbocycles. The fourth-order valence-electron chi connectivity index (χ4n) is 2.73. The molecule has 1 saturated carbocycles. The van der Waals surface area contributed by atoms with Gasteiger partial charge in [-0.1, -0.05) is 30.3 Å². The summed E-state index contributed by atoms with van der Waals surface area (Å²) in [4.78, 5) is 0. The highest BCUT2D eigenvalue weighted by Gasteiger charge is 2.32. The molecule has 0 aliphatic heterocycles. The van der Waals surface area contributed by atoms with Gasteiger partial charge in [-0.3, -0.25) is 0 Å². The molecule has 0 bridgehead atoms. The Hall–Kier alpha value is -1.87. The lowest BCUT2D eigenvalue weighted by atomic mass is 10.0. The zero-order chi connectivity index (χ0) is 14.8. The lowest BCUT2D eigenvalue weighted by molar-refractivity contribution is 0.200. The fraction of sp³-hybridized carbons (Fsp3) is 0.333. The van der Waals surface area contributed by atoms with Crippen LogP contribution in [0.1, 0.15) is 43.0 Å². The second-order valence-corrected chi connectivity index (χ2v) is 5.77. The van der Waals surface area contributed by atoms with E-state index >= 15 is 0 Å². The quantitative estimate of drug-likeness (QED) is 0.851. The minimum absolute atomic E-state index is 0.172. The summed E-state index contributed by atoms with van der Waals surface area (Å²) < 4.78 is 13.1. The number of hydrogen-bond donors (Lipinski definition) is 2. The van der Waals surface area contributed by atoms with Crippen molar-refractivity contribution in [1.82, 2.24) is 0 Å². The van der Waals surface area contributed by atoms with Crippen LogP contribution in [0.2, 0.25) is 0 Å². The zero-order valence-corrected chi connectivity index (χ0v) is 12.1. The van der Waals surface area contributed by atoms with Crippen LogP contribution >= 0.6 is 0 Å². The number of aliphatic hydroxyl groups is 1. The van der Waals surface area contributed by atoms with Crippen LogP contribution in [0.15, 0.2) is 48.5 Å². The Morgan fingerprint density at radius 1 is 1.10 bits per heavy atom. The predicted molar refractivity (Wildman–Crippen MR) is 82.6 cm³/mol. The first-order valence-corrected chi connectivity index (χ1v) is 7.44. The summed E-state index contributed by atoms with van der Waals surface area (Å²) in [6, 6.07) is 14.7. The Kier molecular flexibility index (Phi) is 3.93. The monoisotopic (exact) mass is 285 g/mol. The molecule has 21 heavy (non-hydrogen) atoms. The molecule has 2 nitrogen and oxygen atoms in total. The van der Waals surface area contributed by atoms with Crippen LogP contribution in [0.25, 0.3) is 0 Å². The molecule has 0 heterocycles. The predicted octanol–water partition coefficient (Wildman–Crippen LogP) is 4.44. The fourth-order valence-corrected chi connectivity index (χ4v) is 2.73. The van der Waals surface area contributed by atoms with Gasteiger partial charge in [-0.15, -0.1) is 0 Å². The largest absolute Gasteiger partial charge is 0.389 e. The third-order valence-corrected chi connectivity index (χ3v) is 4.04. The van der Waals surface area contributed by atoms with Crippen molar-refractivity contribution in [2.45, 2.75) is 31.9 Å². The Morgan fingerprint density at radius 3 is 2.38 bits per heavy atom. The molecule has 1 fully saturated rings. The summed E-state index contributed by atoms with van der Waals surface area (Å²) in [7, 11) is 0. The number of hydrogen-bond acceptors (Lipinski definition) is 2. The van der Waals surface area contributed by atoms with Crippen LogP contribution in [0.3, 0.4) is 0 Å². The van der Waals surface area contributed by atoms with Gasteiger partial charge in [-0.05, 0) is 49.4 Å². The Morgan fingerprint density at radius 2 is 1.76 bits per heavy atom. The minimum atomic E-state index is -0.512. The Balaban J connectivity index is 1.88. The molecule has 110 valence electrons. The summed E-state index contributed by atoms with van der Waals surface area (Å²) in [5, 5.41) is 13.4. The van der Waals surface area contributed by atoms with Crippen LogP contribution in [0.5, 0.6) is 0 Å². The van der Waals surface area contributed by atoms with E-state index in [1.165, 1.54) is 25.0 Å². The molecule has 2 aromatic rings. The van der Waals surface area contributed by atoms with Crippen molar-refractivity contribution in [2.24, 2.45) is 5.92 Å². The van der Waals surface area contributed by atoms with Crippen molar-refractivity contribution < 1.29 is 9.50 Å². The average Bonchev–Trinajstić information content (AvgIpc) is 3.31. The summed E-state index contributed by atoms with van der Waals surface area (Å²) in [6.45, 7) is 1.77. The van der Waals surface area contributed by atoms with Crippen LogP contribution in [0, 0.1) is 11.7 Å². The first-order chi connectivity index (χ1) is 10.1. The molecule has 3 rings (SSSR count).